The van der Waals surface area contributed by atoms with Crippen LogP contribution in [0.5, 0.6) is 11.5 Å². The van der Waals surface area contributed by atoms with Crippen molar-refractivity contribution < 1.29 is 14.3 Å². The number of ether oxygens (including phenoxy) is 2. The molecule has 0 radical (unpaired) electrons. The second-order valence-electron chi connectivity index (χ2n) is 6.16. The number of benzene rings is 1. The Morgan fingerprint density at radius 1 is 1.08 bits per heavy atom. The van der Waals surface area contributed by atoms with E-state index >= 15 is 0 Å². The van der Waals surface area contributed by atoms with Gasteiger partial charge in [-0.1, -0.05) is 33.6 Å². The molecule has 1 aromatic heterocycles. The zero-order valence-corrected chi connectivity index (χ0v) is 15.2. The van der Waals surface area contributed by atoms with Crippen molar-refractivity contribution in [1.29, 1.82) is 0 Å². The zero-order chi connectivity index (χ0) is 18.1. The molecule has 0 aliphatic carbocycles. The number of carbonyl (C=O) groups excluding carboxylic acids is 1. The summed E-state index contributed by atoms with van der Waals surface area (Å²) in [5.41, 5.74) is 0.863. The molecule has 1 atom stereocenters. The van der Waals surface area contributed by atoms with Crippen LogP contribution in [0, 0.1) is 5.92 Å². The molecule has 5 heteroatoms. The van der Waals surface area contributed by atoms with Gasteiger partial charge >= 0.3 is 5.97 Å². The third-order valence-corrected chi connectivity index (χ3v) is 3.95. The molecule has 1 heterocycles. The largest absolute Gasteiger partial charge is 0.490 e. The maximum absolute atomic E-state index is 11.8. The van der Waals surface area contributed by atoms with E-state index in [1.165, 1.54) is 0 Å². The Hall–Kier alpha value is -2.43. The molecule has 1 unspecified atom stereocenters. The second-order valence-corrected chi connectivity index (χ2v) is 6.16. The first-order valence-corrected chi connectivity index (χ1v) is 8.88. The van der Waals surface area contributed by atoms with Crippen LogP contribution in [0.4, 0.5) is 0 Å². The van der Waals surface area contributed by atoms with Crippen molar-refractivity contribution in [2.45, 2.75) is 46.5 Å². The van der Waals surface area contributed by atoms with E-state index in [1.807, 2.05) is 19.1 Å². The molecule has 0 N–H and O–H groups in total. The van der Waals surface area contributed by atoms with Gasteiger partial charge in [0.25, 0.3) is 0 Å². The van der Waals surface area contributed by atoms with Crippen molar-refractivity contribution in [2.75, 3.05) is 6.61 Å². The number of rotatable bonds is 9. The summed E-state index contributed by atoms with van der Waals surface area (Å²) in [4.78, 5) is 20.5. The fraction of sp³-hybridized carbons (Fsp3) is 0.450. The van der Waals surface area contributed by atoms with Gasteiger partial charge in [-0.25, -0.2) is 9.97 Å². The van der Waals surface area contributed by atoms with Crippen LogP contribution in [0.15, 0.2) is 36.7 Å². The molecule has 5 nitrogen and oxygen atoms in total. The fourth-order valence-electron chi connectivity index (χ4n) is 2.15. The number of aromatic nitrogens is 2. The zero-order valence-electron chi connectivity index (χ0n) is 15.2. The van der Waals surface area contributed by atoms with Crippen LogP contribution < -0.4 is 9.47 Å². The van der Waals surface area contributed by atoms with Gasteiger partial charge in [0.1, 0.15) is 5.75 Å². The molecule has 0 aliphatic heterocycles. The molecule has 2 aromatic rings. The molecule has 0 saturated heterocycles. The third-order valence-electron chi connectivity index (χ3n) is 3.95. The first-order valence-electron chi connectivity index (χ1n) is 8.88. The van der Waals surface area contributed by atoms with Crippen molar-refractivity contribution in [1.82, 2.24) is 9.97 Å². The Labute approximate surface area is 149 Å². The van der Waals surface area contributed by atoms with Gasteiger partial charge in [0.2, 0.25) is 0 Å². The van der Waals surface area contributed by atoms with Gasteiger partial charge in [0, 0.05) is 12.0 Å². The lowest BCUT2D eigenvalue weighted by atomic mass is 10.1. The summed E-state index contributed by atoms with van der Waals surface area (Å²) in [7, 11) is 0. The number of unbranched alkanes of at least 4 members (excludes halogenated alkanes) is 1. The predicted octanol–water partition coefficient (Wildman–Crippen LogP) is 4.66. The van der Waals surface area contributed by atoms with Crippen LogP contribution in [0.25, 0.3) is 11.4 Å². The standard InChI is InChI=1S/C20H26N2O3/c1-4-6-11-24-18-13-21-20(22-14-18)16-7-9-17(10-8-16)25-19(23)12-15(3)5-2/h7-10,13-15H,4-6,11-12H2,1-3H3. The van der Waals surface area contributed by atoms with Crippen LogP contribution in [-0.4, -0.2) is 22.5 Å². The van der Waals surface area contributed by atoms with Gasteiger partial charge in [-0.3, -0.25) is 4.79 Å². The Morgan fingerprint density at radius 2 is 1.76 bits per heavy atom. The SMILES string of the molecule is CCCCOc1cnc(-c2ccc(OC(=O)CC(C)CC)cc2)nc1. The minimum absolute atomic E-state index is 0.202. The average Bonchev–Trinajstić information content (AvgIpc) is 2.63. The Bertz CT molecular complexity index is 654. The molecule has 134 valence electrons. The molecule has 0 fully saturated rings. The molecule has 2 rings (SSSR count). The molecule has 0 amide bonds. The van der Waals surface area contributed by atoms with Gasteiger partial charge in [0.05, 0.1) is 19.0 Å². The van der Waals surface area contributed by atoms with E-state index in [1.54, 1.807) is 24.5 Å². The molecule has 0 saturated carbocycles. The summed E-state index contributed by atoms with van der Waals surface area (Å²) in [5.74, 6) is 1.95. The first-order chi connectivity index (χ1) is 12.1. The maximum Gasteiger partial charge on any atom is 0.311 e. The highest BCUT2D eigenvalue weighted by Crippen LogP contribution is 2.21. The number of hydrogen-bond acceptors (Lipinski definition) is 5. The van der Waals surface area contributed by atoms with E-state index in [0.717, 1.165) is 24.8 Å². The lowest BCUT2D eigenvalue weighted by Crippen LogP contribution is -2.11. The molecular formula is C20H26N2O3. The smallest absolute Gasteiger partial charge is 0.311 e. The van der Waals surface area contributed by atoms with E-state index in [2.05, 4.69) is 23.8 Å². The Morgan fingerprint density at radius 3 is 2.36 bits per heavy atom. The van der Waals surface area contributed by atoms with Crippen molar-refractivity contribution in [3.8, 4) is 22.9 Å². The lowest BCUT2D eigenvalue weighted by Gasteiger charge is -2.09. The first kappa shape index (κ1) is 18.9. The fourth-order valence-corrected chi connectivity index (χ4v) is 2.15. The highest BCUT2D eigenvalue weighted by Gasteiger charge is 2.10. The predicted molar refractivity (Wildman–Crippen MR) is 97.6 cm³/mol. The second kappa shape index (κ2) is 9.77. The van der Waals surface area contributed by atoms with Crippen LogP contribution in [0.1, 0.15) is 46.5 Å². The van der Waals surface area contributed by atoms with E-state index in [0.29, 0.717) is 36.3 Å². The van der Waals surface area contributed by atoms with Gasteiger partial charge in [-0.2, -0.15) is 0 Å². The highest BCUT2D eigenvalue weighted by atomic mass is 16.5. The van der Waals surface area contributed by atoms with Gasteiger partial charge in [-0.05, 0) is 36.6 Å². The number of carbonyl (C=O) groups is 1. The highest BCUT2D eigenvalue weighted by molar-refractivity contribution is 5.72. The van der Waals surface area contributed by atoms with Crippen molar-refractivity contribution in [2.24, 2.45) is 5.92 Å². The molecule has 0 aliphatic rings. The summed E-state index contributed by atoms with van der Waals surface area (Å²) in [6.45, 7) is 6.90. The molecular weight excluding hydrogens is 316 g/mol. The number of esters is 1. The minimum Gasteiger partial charge on any atom is -0.490 e. The average molecular weight is 342 g/mol. The maximum atomic E-state index is 11.8. The van der Waals surface area contributed by atoms with Gasteiger partial charge < -0.3 is 9.47 Å². The van der Waals surface area contributed by atoms with Crippen molar-refractivity contribution in [3.05, 3.63) is 36.7 Å². The summed E-state index contributed by atoms with van der Waals surface area (Å²) < 4.78 is 10.9. The van der Waals surface area contributed by atoms with Crippen molar-refractivity contribution in [3.63, 3.8) is 0 Å². The van der Waals surface area contributed by atoms with E-state index in [-0.39, 0.29) is 5.97 Å². The lowest BCUT2D eigenvalue weighted by molar-refractivity contribution is -0.135. The van der Waals surface area contributed by atoms with Crippen molar-refractivity contribution >= 4 is 5.97 Å². The summed E-state index contributed by atoms with van der Waals surface area (Å²) >= 11 is 0. The molecule has 1 aromatic carbocycles. The van der Waals surface area contributed by atoms with E-state index in [4.69, 9.17) is 9.47 Å². The number of nitrogens with zero attached hydrogens (tertiary/aromatic N) is 2. The Balaban J connectivity index is 1.94. The van der Waals surface area contributed by atoms with Crippen LogP contribution in [0.3, 0.4) is 0 Å². The molecule has 25 heavy (non-hydrogen) atoms. The van der Waals surface area contributed by atoms with Gasteiger partial charge in [0.15, 0.2) is 11.6 Å². The van der Waals surface area contributed by atoms with Crippen LogP contribution >= 0.6 is 0 Å². The third kappa shape index (κ3) is 6.18. The quantitative estimate of drug-likeness (QED) is 0.377. The number of hydrogen-bond donors (Lipinski definition) is 0. The molecule has 0 bridgehead atoms. The Kier molecular flexibility index (Phi) is 7.38. The van der Waals surface area contributed by atoms with E-state index in [9.17, 15) is 4.79 Å². The normalized spacial score (nSPS) is 11.8. The monoisotopic (exact) mass is 342 g/mol. The minimum atomic E-state index is -0.202. The van der Waals surface area contributed by atoms with Crippen LogP contribution in [0.2, 0.25) is 0 Å². The summed E-state index contributed by atoms with van der Waals surface area (Å²) in [6, 6.07) is 7.22. The van der Waals surface area contributed by atoms with Gasteiger partial charge in [-0.15, -0.1) is 0 Å². The molecule has 0 spiro atoms. The summed E-state index contributed by atoms with van der Waals surface area (Å²) in [5, 5.41) is 0. The summed E-state index contributed by atoms with van der Waals surface area (Å²) in [6.07, 6.45) is 6.85. The van der Waals surface area contributed by atoms with E-state index < -0.39 is 0 Å². The topological polar surface area (TPSA) is 61.3 Å². The van der Waals surface area contributed by atoms with Crippen LogP contribution in [-0.2, 0) is 4.79 Å².